The molecule has 0 aromatic heterocycles. The van der Waals surface area contributed by atoms with E-state index in [1.165, 1.54) is 23.8 Å². The summed E-state index contributed by atoms with van der Waals surface area (Å²) in [6.07, 6.45) is -9.25. The number of benzene rings is 1. The van der Waals surface area contributed by atoms with Crippen LogP contribution in [0.1, 0.15) is 109 Å². The van der Waals surface area contributed by atoms with Crippen molar-refractivity contribution in [3.63, 3.8) is 0 Å². The van der Waals surface area contributed by atoms with E-state index in [2.05, 4.69) is 24.5 Å². The molecule has 18 atom stereocenters. The third-order valence-electron chi connectivity index (χ3n) is 14.7. The van der Waals surface area contributed by atoms with E-state index in [1.807, 2.05) is 44.2 Å². The molecule has 17 nitrogen and oxygen atoms in total. The van der Waals surface area contributed by atoms with Crippen molar-refractivity contribution < 1.29 is 63.5 Å². The van der Waals surface area contributed by atoms with Crippen LogP contribution in [-0.2, 0) is 33.2 Å². The van der Waals surface area contributed by atoms with E-state index in [9.17, 15) is 35.1 Å². The predicted molar refractivity (Wildman–Crippen MR) is 251 cm³/mol. The molecule has 3 aliphatic rings. The summed E-state index contributed by atoms with van der Waals surface area (Å²) >= 11 is 0. The predicted octanol–water partition coefficient (Wildman–Crippen LogP) is 3.80. The number of anilines is 1. The lowest BCUT2D eigenvalue weighted by molar-refractivity contribution is -0.336. The molecule has 4 rings (SSSR count). The van der Waals surface area contributed by atoms with Gasteiger partial charge in [-0.1, -0.05) is 52.8 Å². The Morgan fingerprint density at radius 1 is 0.970 bits per heavy atom. The number of methoxy groups -OCH3 is 1. The first kappa shape index (κ1) is 56.1. The Hall–Kier alpha value is -2.52. The van der Waals surface area contributed by atoms with Crippen LogP contribution in [0.25, 0.3) is 0 Å². The number of hydrogen-bond acceptors (Lipinski definition) is 15. The number of amides is 2. The van der Waals surface area contributed by atoms with Crippen LogP contribution in [0.5, 0.6) is 0 Å². The van der Waals surface area contributed by atoms with Gasteiger partial charge in [-0.3, -0.25) is 9.69 Å². The molecule has 3 saturated heterocycles. The van der Waals surface area contributed by atoms with Crippen LogP contribution in [0.4, 0.5) is 10.5 Å². The van der Waals surface area contributed by atoms with E-state index in [1.54, 1.807) is 62.6 Å². The van der Waals surface area contributed by atoms with Gasteiger partial charge in [-0.2, -0.15) is 0 Å². The smallest absolute Gasteiger partial charge is 0.324 e. The molecule has 3 heterocycles. The number of ether oxygens (including phenoxy) is 6. The molecule has 0 radical (unpaired) electrons. The Labute approximate surface area is 394 Å². The Bertz CT molecular complexity index is 1690. The molecule has 0 aliphatic carbocycles. The molecule has 2 amide bonds. The molecule has 1 aromatic carbocycles. The summed E-state index contributed by atoms with van der Waals surface area (Å²) in [6.45, 7) is 22.6. The number of esters is 1. The van der Waals surface area contributed by atoms with Gasteiger partial charge in [0.05, 0.1) is 42.0 Å². The maximum Gasteiger partial charge on any atom is 0.324 e. The summed E-state index contributed by atoms with van der Waals surface area (Å²) in [7, 11) is 4.81. The topological polar surface area (TPSA) is 221 Å². The van der Waals surface area contributed by atoms with Crippen LogP contribution >= 0.6 is 0 Å². The molecule has 1 aromatic rings. The minimum Gasteiger partial charge on any atom is -0.459 e. The van der Waals surface area contributed by atoms with Crippen LogP contribution in [0.3, 0.4) is 0 Å². The number of cyclic esters (lactones) is 1. The maximum atomic E-state index is 14.5. The maximum absolute atomic E-state index is 14.5. The summed E-state index contributed by atoms with van der Waals surface area (Å²) in [6, 6.07) is 7.41. The fraction of sp³-hybridized carbons (Fsp3) is 0.837. The lowest BCUT2D eigenvalue weighted by Gasteiger charge is -2.53. The zero-order valence-electron chi connectivity index (χ0n) is 42.4. The average molecular weight is 939 g/mol. The number of nitrogens with one attached hydrogen (secondary N) is 2. The number of hydrogen-bond donors (Lipinski definition) is 7. The summed E-state index contributed by atoms with van der Waals surface area (Å²) in [5.41, 5.74) is -5.56. The molecule has 0 saturated carbocycles. The van der Waals surface area contributed by atoms with Crippen LogP contribution in [0, 0.1) is 23.7 Å². The normalized spacial score (nSPS) is 42.2. The summed E-state index contributed by atoms with van der Waals surface area (Å²) < 4.78 is 38.7. The third-order valence-corrected chi connectivity index (χ3v) is 14.7. The highest BCUT2D eigenvalue weighted by Crippen LogP contribution is 2.43. The number of urea groups is 1. The summed E-state index contributed by atoms with van der Waals surface area (Å²) in [4.78, 5) is 31.4. The van der Waals surface area contributed by atoms with E-state index in [0.717, 1.165) is 0 Å². The fourth-order valence-corrected chi connectivity index (χ4v) is 10.3. The third kappa shape index (κ3) is 12.6. The monoisotopic (exact) mass is 939 g/mol. The van der Waals surface area contributed by atoms with E-state index < -0.39 is 108 Å². The highest BCUT2D eigenvalue weighted by atomic mass is 16.7. The highest BCUT2D eigenvalue weighted by Gasteiger charge is 2.58. The molecule has 66 heavy (non-hydrogen) atoms. The van der Waals surface area contributed by atoms with E-state index in [4.69, 9.17) is 28.4 Å². The van der Waals surface area contributed by atoms with E-state index in [-0.39, 0.29) is 37.8 Å². The SMILES string of the molecule is CC[C@H]1OC(=O)[C@H](C)[C@@H](O[C@H]2C[C@@](C)(OC)[C@](O)(CNCC(C)C)[C@H](C)O2)[C@H](C)[C@@H](O[C@@H]2O[C@H](C)C[C@H](N(C)C(=O)N(C)c3ccccc3)[C@H]2O)[C@](C)(O)C[C@@H](C)CN[C@H](C)[C@@H](O)[C@]1(C)O. The lowest BCUT2D eigenvalue weighted by atomic mass is 9.75. The van der Waals surface area contributed by atoms with Crippen LogP contribution < -0.4 is 15.5 Å². The average Bonchev–Trinajstić information content (AvgIpc) is 3.26. The van der Waals surface area contributed by atoms with Gasteiger partial charge in [0.25, 0.3) is 0 Å². The number of para-hydroxylation sites is 1. The van der Waals surface area contributed by atoms with Crippen LogP contribution in [0.2, 0.25) is 0 Å². The van der Waals surface area contributed by atoms with Gasteiger partial charge < -0.3 is 69.5 Å². The number of carbonyl (C=O) groups is 2. The van der Waals surface area contributed by atoms with Crippen molar-refractivity contribution >= 4 is 17.7 Å². The van der Waals surface area contributed by atoms with Crippen LogP contribution in [0.15, 0.2) is 30.3 Å². The van der Waals surface area contributed by atoms with Crippen molar-refractivity contribution in [3.8, 4) is 0 Å². The zero-order chi connectivity index (χ0) is 49.7. The number of rotatable bonds is 12. The first-order valence-electron chi connectivity index (χ1n) is 24.1. The number of aliphatic hydroxyl groups excluding tert-OH is 2. The molecule has 380 valence electrons. The fourth-order valence-electron chi connectivity index (χ4n) is 10.3. The molecule has 0 bridgehead atoms. The molecule has 17 heteroatoms. The standard InChI is InChI=1S/C49H86N4O13/c1-16-37-48(12,59)41(55)33(8)51-26-29(4)23-46(10,58)42(66-44-39(54)36(22-30(5)62-44)53(14)45(57)52(13)35-20-18-17-19-21-35)31(6)40(32(7)43(56)64-37)65-38-24-47(11,61-15)49(60,34(9)63-38)27-50-25-28(2)3/h17-21,28-34,36-42,44,50-51,54-55,58-60H,16,22-27H2,1-15H3/t29-,30-,31+,32-,33-,34+,36+,37-,38+,39-,40+,41-,42-,44+,46-,47-,48-,49+/m1/s1. The number of aliphatic hydroxyl groups is 5. The molecule has 3 fully saturated rings. The Balaban J connectivity index is 1.80. The molecule has 3 aliphatic heterocycles. The van der Waals surface area contributed by atoms with Crippen molar-refractivity contribution in [2.24, 2.45) is 23.7 Å². The summed E-state index contributed by atoms with van der Waals surface area (Å²) in [5, 5.41) is 67.0. The van der Waals surface area contributed by atoms with Gasteiger partial charge in [0.1, 0.15) is 35.1 Å². The Morgan fingerprint density at radius 3 is 2.20 bits per heavy atom. The van der Waals surface area contributed by atoms with Gasteiger partial charge in [-0.05, 0) is 105 Å². The van der Waals surface area contributed by atoms with Crippen molar-refractivity contribution in [2.45, 2.75) is 199 Å². The van der Waals surface area contributed by atoms with Crippen LogP contribution in [-0.4, -0.2) is 173 Å². The Kier molecular flexibility index (Phi) is 19.5. The van der Waals surface area contributed by atoms with Gasteiger partial charge in [-0.15, -0.1) is 0 Å². The minimum atomic E-state index is -1.86. The van der Waals surface area contributed by atoms with Gasteiger partial charge >= 0.3 is 12.0 Å². The second-order valence-electron chi connectivity index (χ2n) is 20.9. The molecule has 7 N–H and O–H groups in total. The minimum absolute atomic E-state index is 0.0428. The molecule has 0 spiro atoms. The van der Waals surface area contributed by atoms with Crippen molar-refractivity contribution in [1.82, 2.24) is 15.5 Å². The first-order chi connectivity index (χ1) is 30.6. The van der Waals surface area contributed by atoms with E-state index >= 15 is 0 Å². The second kappa shape index (κ2) is 22.9. The largest absolute Gasteiger partial charge is 0.459 e. The van der Waals surface area contributed by atoms with Crippen molar-refractivity contribution in [2.75, 3.05) is 45.7 Å². The number of likely N-dealkylation sites (N-methyl/N-ethyl adjacent to an activating group) is 1. The molecular formula is C49H86N4O13. The second-order valence-corrected chi connectivity index (χ2v) is 20.9. The van der Waals surface area contributed by atoms with Crippen molar-refractivity contribution in [1.29, 1.82) is 0 Å². The Morgan fingerprint density at radius 2 is 1.61 bits per heavy atom. The summed E-state index contributed by atoms with van der Waals surface area (Å²) in [5.74, 6) is -2.65. The van der Waals surface area contributed by atoms with Gasteiger partial charge in [0.2, 0.25) is 0 Å². The zero-order valence-corrected chi connectivity index (χ0v) is 42.4. The quantitative estimate of drug-likeness (QED) is 0.148. The number of carbonyl (C=O) groups excluding carboxylic acids is 2. The van der Waals surface area contributed by atoms with Gasteiger partial charge in [-0.25, -0.2) is 4.79 Å². The molecule has 0 unspecified atom stereocenters. The first-order valence-corrected chi connectivity index (χ1v) is 24.1. The highest BCUT2D eigenvalue weighted by molar-refractivity contribution is 5.91. The molecular weight excluding hydrogens is 853 g/mol. The van der Waals surface area contributed by atoms with E-state index in [0.29, 0.717) is 31.1 Å². The lowest BCUT2D eigenvalue weighted by Crippen LogP contribution is -2.70. The van der Waals surface area contributed by atoms with Gasteiger partial charge in [0, 0.05) is 51.8 Å². The van der Waals surface area contributed by atoms with Gasteiger partial charge in [0.15, 0.2) is 12.6 Å². The van der Waals surface area contributed by atoms with Crippen molar-refractivity contribution in [3.05, 3.63) is 30.3 Å². The number of nitrogens with zero attached hydrogens (tertiary/aromatic N) is 2.